The lowest BCUT2D eigenvalue weighted by molar-refractivity contribution is -0.132. The van der Waals surface area contributed by atoms with Gasteiger partial charge in [0.1, 0.15) is 16.7 Å². The van der Waals surface area contributed by atoms with Gasteiger partial charge in [0, 0.05) is 37.0 Å². The zero-order valence-electron chi connectivity index (χ0n) is 20.1. The summed E-state index contributed by atoms with van der Waals surface area (Å²) < 4.78 is 34.6. The third-order valence-electron chi connectivity index (χ3n) is 6.05. The molecule has 1 heterocycles. The topological polar surface area (TPSA) is 90.4 Å². The Labute approximate surface area is 197 Å². The molecule has 3 rings (SSSR count). The van der Waals surface area contributed by atoms with E-state index in [1.807, 2.05) is 25.9 Å². The van der Waals surface area contributed by atoms with Gasteiger partial charge in [-0.3, -0.25) is 9.69 Å². The van der Waals surface area contributed by atoms with Gasteiger partial charge < -0.3 is 14.7 Å². The van der Waals surface area contributed by atoms with Crippen molar-refractivity contribution in [3.8, 4) is 17.6 Å². The van der Waals surface area contributed by atoms with Crippen LogP contribution >= 0.6 is 0 Å². The van der Waals surface area contributed by atoms with Gasteiger partial charge in [0.25, 0.3) is 0 Å². The third kappa shape index (κ3) is 6.07. The van der Waals surface area contributed by atoms with Crippen molar-refractivity contribution < 1.29 is 23.1 Å². The number of fused-ring (bicyclic) bond motifs is 1. The van der Waals surface area contributed by atoms with Gasteiger partial charge in [-0.2, -0.15) is 4.31 Å². The van der Waals surface area contributed by atoms with Gasteiger partial charge in [0.15, 0.2) is 0 Å². The van der Waals surface area contributed by atoms with Crippen molar-refractivity contribution in [2.24, 2.45) is 11.8 Å². The molecule has 1 aliphatic carbocycles. The first-order chi connectivity index (χ1) is 15.5. The quantitative estimate of drug-likeness (QED) is 0.620. The van der Waals surface area contributed by atoms with Crippen molar-refractivity contribution in [1.82, 2.24) is 14.1 Å². The summed E-state index contributed by atoms with van der Waals surface area (Å²) in [6, 6.07) is 4.26. The fraction of sp³-hybridized carbons (Fsp3) is 0.625. The van der Waals surface area contributed by atoms with Crippen molar-refractivity contribution in [2.75, 3.05) is 47.4 Å². The number of likely N-dealkylation sites (N-methyl/N-ethyl adjacent to an activating group) is 1. The summed E-state index contributed by atoms with van der Waals surface area (Å²) in [6.45, 7) is 4.42. The molecule has 1 aromatic rings. The van der Waals surface area contributed by atoms with E-state index in [2.05, 4.69) is 11.8 Å². The number of carbonyl (C=O) groups is 1. The van der Waals surface area contributed by atoms with Crippen molar-refractivity contribution in [3.05, 3.63) is 23.8 Å². The second-order valence-electron chi connectivity index (χ2n) is 9.43. The van der Waals surface area contributed by atoms with Crippen LogP contribution in [0.5, 0.6) is 5.75 Å². The lowest BCUT2D eigenvalue weighted by atomic mass is 10.0. The Morgan fingerprint density at radius 2 is 2.00 bits per heavy atom. The largest absolute Gasteiger partial charge is 0.487 e. The first-order valence-electron chi connectivity index (χ1n) is 11.4. The highest BCUT2D eigenvalue weighted by atomic mass is 32.2. The van der Waals surface area contributed by atoms with Gasteiger partial charge in [-0.15, -0.1) is 0 Å². The highest BCUT2D eigenvalue weighted by Gasteiger charge is 2.39. The van der Waals surface area contributed by atoms with Crippen LogP contribution in [0.25, 0.3) is 0 Å². The number of aliphatic hydroxyl groups excluding tert-OH is 1. The molecule has 33 heavy (non-hydrogen) atoms. The summed E-state index contributed by atoms with van der Waals surface area (Å²) >= 11 is 0. The predicted molar refractivity (Wildman–Crippen MR) is 126 cm³/mol. The molecular formula is C24H35N3O5S. The van der Waals surface area contributed by atoms with Crippen LogP contribution in [0, 0.1) is 23.7 Å². The Hall–Kier alpha value is -2.12. The smallest absolute Gasteiger partial charge is 0.247 e. The number of hydrogen-bond donors (Lipinski definition) is 1. The van der Waals surface area contributed by atoms with E-state index < -0.39 is 22.2 Å². The van der Waals surface area contributed by atoms with Gasteiger partial charge in [0.2, 0.25) is 15.9 Å². The van der Waals surface area contributed by atoms with E-state index in [9.17, 15) is 18.3 Å². The Morgan fingerprint density at radius 3 is 2.61 bits per heavy atom. The standard InChI is InChI=1S/C24H35N3O5S/c1-17-14-27(18(2)16-28)33(30,31)23-11-8-19(7-6-12-25(3)4)13-21(23)32-22(17)15-26(5)24(29)20-9-10-20/h8,11,13,17-18,20,22,28H,9-10,12,14-16H2,1-5H3/t17-,18-,22+/m1/s1. The number of amides is 1. The lowest BCUT2D eigenvalue weighted by Gasteiger charge is -2.37. The van der Waals surface area contributed by atoms with Crippen molar-refractivity contribution in [1.29, 1.82) is 0 Å². The highest BCUT2D eigenvalue weighted by Crippen LogP contribution is 2.35. The van der Waals surface area contributed by atoms with E-state index in [1.54, 1.807) is 31.0 Å². The van der Waals surface area contributed by atoms with Crippen LogP contribution in [-0.2, 0) is 14.8 Å². The van der Waals surface area contributed by atoms with E-state index in [4.69, 9.17) is 4.74 Å². The number of rotatable bonds is 6. The minimum atomic E-state index is -3.90. The average Bonchev–Trinajstić information content (AvgIpc) is 3.60. The monoisotopic (exact) mass is 477 g/mol. The Kier molecular flexibility index (Phi) is 8.06. The summed E-state index contributed by atoms with van der Waals surface area (Å²) in [7, 11) is 1.72. The first kappa shape index (κ1) is 25.5. The van der Waals surface area contributed by atoms with Gasteiger partial charge in [-0.05, 0) is 52.1 Å². The van der Waals surface area contributed by atoms with Crippen molar-refractivity contribution >= 4 is 15.9 Å². The number of ether oxygens (including phenoxy) is 1. The van der Waals surface area contributed by atoms with Crippen LogP contribution in [0.4, 0.5) is 0 Å². The van der Waals surface area contributed by atoms with E-state index in [0.29, 0.717) is 18.7 Å². The molecule has 2 aliphatic rings. The normalized spacial score (nSPS) is 23.4. The number of nitrogens with zero attached hydrogens (tertiary/aromatic N) is 3. The predicted octanol–water partition coefficient (Wildman–Crippen LogP) is 1.24. The summed E-state index contributed by atoms with van der Waals surface area (Å²) in [5.41, 5.74) is 0.655. The van der Waals surface area contributed by atoms with Crippen LogP contribution in [0.15, 0.2) is 23.1 Å². The zero-order valence-corrected chi connectivity index (χ0v) is 20.9. The SMILES string of the molecule is C[C@@H]1CN([C@H](C)CO)S(=O)(=O)c2ccc(C#CCN(C)C)cc2O[C@H]1CN(C)C(=O)C1CC1. The number of carbonyl (C=O) groups excluding carboxylic acids is 1. The zero-order chi connectivity index (χ0) is 24.3. The van der Waals surface area contributed by atoms with Crippen LogP contribution in [0.2, 0.25) is 0 Å². The molecule has 0 unspecified atom stereocenters. The molecule has 182 valence electrons. The van der Waals surface area contributed by atoms with Crippen LogP contribution in [0.1, 0.15) is 32.3 Å². The summed E-state index contributed by atoms with van der Waals surface area (Å²) in [6.07, 6.45) is 1.43. The van der Waals surface area contributed by atoms with E-state index in [0.717, 1.165) is 12.8 Å². The Bertz CT molecular complexity index is 1030. The van der Waals surface area contributed by atoms with E-state index in [1.165, 1.54) is 10.4 Å². The summed E-state index contributed by atoms with van der Waals surface area (Å²) in [4.78, 5) is 16.2. The minimum Gasteiger partial charge on any atom is -0.487 e. The number of sulfonamides is 1. The third-order valence-corrected chi connectivity index (χ3v) is 8.07. The fourth-order valence-electron chi connectivity index (χ4n) is 3.82. The highest BCUT2D eigenvalue weighted by molar-refractivity contribution is 7.89. The van der Waals surface area contributed by atoms with Crippen molar-refractivity contribution in [2.45, 2.75) is 43.7 Å². The summed E-state index contributed by atoms with van der Waals surface area (Å²) in [5, 5.41) is 9.74. The molecule has 0 spiro atoms. The molecule has 0 radical (unpaired) electrons. The van der Waals surface area contributed by atoms with E-state index in [-0.39, 0.29) is 41.5 Å². The van der Waals surface area contributed by atoms with E-state index >= 15 is 0 Å². The molecule has 1 N–H and O–H groups in total. The van der Waals surface area contributed by atoms with Gasteiger partial charge in [-0.1, -0.05) is 18.8 Å². The molecule has 1 saturated carbocycles. The maximum absolute atomic E-state index is 13.5. The molecule has 9 heteroatoms. The van der Waals surface area contributed by atoms with Gasteiger partial charge in [-0.25, -0.2) is 8.42 Å². The molecule has 0 aromatic heterocycles. The maximum atomic E-state index is 13.5. The number of hydrogen-bond acceptors (Lipinski definition) is 6. The molecule has 1 fully saturated rings. The average molecular weight is 478 g/mol. The first-order valence-corrected chi connectivity index (χ1v) is 12.8. The second kappa shape index (κ2) is 10.4. The molecule has 1 aliphatic heterocycles. The molecule has 3 atom stereocenters. The van der Waals surface area contributed by atoms with Crippen LogP contribution in [0.3, 0.4) is 0 Å². The fourth-order valence-corrected chi connectivity index (χ4v) is 5.65. The molecule has 1 amide bonds. The molecule has 8 nitrogen and oxygen atoms in total. The molecule has 0 saturated heterocycles. The van der Waals surface area contributed by atoms with Crippen LogP contribution < -0.4 is 4.74 Å². The Balaban J connectivity index is 2.00. The maximum Gasteiger partial charge on any atom is 0.247 e. The minimum absolute atomic E-state index is 0.0500. The molecular weight excluding hydrogens is 442 g/mol. The van der Waals surface area contributed by atoms with Gasteiger partial charge >= 0.3 is 0 Å². The number of benzene rings is 1. The second-order valence-corrected chi connectivity index (χ2v) is 11.3. The van der Waals surface area contributed by atoms with Crippen LogP contribution in [-0.4, -0.2) is 93.1 Å². The van der Waals surface area contributed by atoms with Gasteiger partial charge in [0.05, 0.1) is 19.7 Å². The van der Waals surface area contributed by atoms with Crippen molar-refractivity contribution in [3.63, 3.8) is 0 Å². The Morgan fingerprint density at radius 1 is 1.30 bits per heavy atom. The molecule has 0 bridgehead atoms. The lowest BCUT2D eigenvalue weighted by Crippen LogP contribution is -2.50. The molecule has 1 aromatic carbocycles. The summed E-state index contributed by atoms with van der Waals surface area (Å²) in [5.74, 6) is 6.33. The number of aliphatic hydroxyl groups is 1.